The van der Waals surface area contributed by atoms with Crippen molar-refractivity contribution < 1.29 is 9.37 Å². The predicted molar refractivity (Wildman–Crippen MR) is 81.3 cm³/mol. The van der Waals surface area contributed by atoms with Crippen LogP contribution in [0, 0.1) is 13.8 Å². The van der Waals surface area contributed by atoms with Gasteiger partial charge in [0.1, 0.15) is 23.7 Å². The predicted octanol–water partition coefficient (Wildman–Crippen LogP) is 3.33. The summed E-state index contributed by atoms with van der Waals surface area (Å²) < 4.78 is 10.6. The Labute approximate surface area is 125 Å². The quantitative estimate of drug-likeness (QED) is 0.847. The van der Waals surface area contributed by atoms with Crippen molar-refractivity contribution >= 4 is 0 Å². The summed E-state index contributed by atoms with van der Waals surface area (Å²) in [7, 11) is 0. The van der Waals surface area contributed by atoms with Gasteiger partial charge >= 0.3 is 0 Å². The maximum absolute atomic E-state index is 5.94. The molecule has 0 fully saturated rings. The van der Waals surface area contributed by atoms with Crippen LogP contribution in [0.4, 0.5) is 0 Å². The molecule has 5 heteroatoms. The van der Waals surface area contributed by atoms with Gasteiger partial charge in [0.25, 0.3) is 0 Å². The van der Waals surface area contributed by atoms with Crippen LogP contribution >= 0.6 is 0 Å². The largest absolute Gasteiger partial charge is 0.487 e. The maximum Gasteiger partial charge on any atom is 0.145 e. The van der Waals surface area contributed by atoms with Crippen molar-refractivity contribution in [2.45, 2.75) is 46.8 Å². The van der Waals surface area contributed by atoms with E-state index in [0.717, 1.165) is 35.7 Å². The monoisotopic (exact) mass is 289 g/mol. The van der Waals surface area contributed by atoms with Gasteiger partial charge in [-0.15, -0.1) is 0 Å². The van der Waals surface area contributed by atoms with E-state index in [1.165, 1.54) is 5.56 Å². The first-order valence-electron chi connectivity index (χ1n) is 7.36. The molecule has 114 valence electrons. The number of aromatic nitrogens is 2. The maximum atomic E-state index is 5.94. The molecular formula is C16H23N3O2. The Bertz CT molecular complexity index is 581. The van der Waals surface area contributed by atoms with Gasteiger partial charge in [0.15, 0.2) is 0 Å². The molecule has 0 spiro atoms. The Hall–Kier alpha value is -1.88. The van der Waals surface area contributed by atoms with Gasteiger partial charge < -0.3 is 10.1 Å². The Morgan fingerprint density at radius 3 is 2.76 bits per heavy atom. The summed E-state index contributed by atoms with van der Waals surface area (Å²) in [5, 5.41) is 11.1. The fourth-order valence-corrected chi connectivity index (χ4v) is 2.12. The van der Waals surface area contributed by atoms with Gasteiger partial charge in [-0.3, -0.25) is 0 Å². The average Bonchev–Trinajstić information content (AvgIpc) is 2.88. The van der Waals surface area contributed by atoms with Gasteiger partial charge in [-0.2, -0.15) is 0 Å². The van der Waals surface area contributed by atoms with E-state index in [2.05, 4.69) is 54.6 Å². The van der Waals surface area contributed by atoms with Gasteiger partial charge in [0, 0.05) is 11.6 Å². The Balaban J connectivity index is 2.13. The first kappa shape index (κ1) is 15.5. The lowest BCUT2D eigenvalue weighted by atomic mass is 10.0. The molecule has 1 N–H and O–H groups in total. The zero-order valence-electron chi connectivity index (χ0n) is 13.1. The van der Waals surface area contributed by atoms with Crippen molar-refractivity contribution in [2.75, 3.05) is 6.54 Å². The van der Waals surface area contributed by atoms with E-state index < -0.39 is 0 Å². The summed E-state index contributed by atoms with van der Waals surface area (Å²) in [5.74, 6) is 0.883. The van der Waals surface area contributed by atoms with E-state index >= 15 is 0 Å². The fraction of sp³-hybridized carbons (Fsp3) is 0.500. The first-order chi connectivity index (χ1) is 10.1. The fourth-order valence-electron chi connectivity index (χ4n) is 2.12. The smallest absolute Gasteiger partial charge is 0.145 e. The van der Waals surface area contributed by atoms with Crippen molar-refractivity contribution in [1.82, 2.24) is 15.6 Å². The van der Waals surface area contributed by atoms with Crippen LogP contribution in [0.2, 0.25) is 0 Å². The van der Waals surface area contributed by atoms with Crippen molar-refractivity contribution in [3.8, 4) is 5.75 Å². The summed E-state index contributed by atoms with van der Waals surface area (Å²) in [6.07, 6.45) is 1.11. The number of hydrogen-bond acceptors (Lipinski definition) is 5. The zero-order valence-corrected chi connectivity index (χ0v) is 13.1. The molecule has 0 aliphatic rings. The molecule has 0 aliphatic carbocycles. The van der Waals surface area contributed by atoms with E-state index in [9.17, 15) is 0 Å². The van der Waals surface area contributed by atoms with Gasteiger partial charge in [-0.05, 0) is 45.4 Å². The van der Waals surface area contributed by atoms with E-state index in [-0.39, 0.29) is 6.04 Å². The molecular weight excluding hydrogens is 266 g/mol. The summed E-state index contributed by atoms with van der Waals surface area (Å²) in [5.41, 5.74) is 3.83. The van der Waals surface area contributed by atoms with E-state index in [1.54, 1.807) is 0 Å². The molecule has 2 rings (SSSR count). The van der Waals surface area contributed by atoms with E-state index in [1.807, 2.05) is 6.92 Å². The topological polar surface area (TPSA) is 60.2 Å². The molecule has 1 aromatic heterocycles. The van der Waals surface area contributed by atoms with Crippen molar-refractivity contribution in [3.05, 3.63) is 40.7 Å². The molecule has 1 aromatic carbocycles. The van der Waals surface area contributed by atoms with Gasteiger partial charge in [0.2, 0.25) is 0 Å². The number of rotatable bonds is 7. The van der Waals surface area contributed by atoms with E-state index in [0.29, 0.717) is 6.61 Å². The molecule has 0 saturated carbocycles. The van der Waals surface area contributed by atoms with Crippen LogP contribution in [0.1, 0.15) is 48.8 Å². The van der Waals surface area contributed by atoms with Crippen molar-refractivity contribution in [3.63, 3.8) is 0 Å². The Morgan fingerprint density at radius 1 is 1.29 bits per heavy atom. The highest BCUT2D eigenvalue weighted by Gasteiger charge is 2.13. The number of ether oxygens (including phenoxy) is 1. The number of nitrogens with zero attached hydrogens (tertiary/aromatic N) is 2. The highest BCUT2D eigenvalue weighted by atomic mass is 16.6. The highest BCUT2D eigenvalue weighted by molar-refractivity contribution is 5.39. The second-order valence-corrected chi connectivity index (χ2v) is 5.30. The molecule has 2 aromatic rings. The van der Waals surface area contributed by atoms with Crippen LogP contribution in [-0.4, -0.2) is 16.9 Å². The van der Waals surface area contributed by atoms with Crippen molar-refractivity contribution in [1.29, 1.82) is 0 Å². The van der Waals surface area contributed by atoms with Crippen LogP contribution in [0.25, 0.3) is 0 Å². The Kier molecular flexibility index (Phi) is 5.33. The van der Waals surface area contributed by atoms with Gasteiger partial charge in [-0.25, -0.2) is 4.63 Å². The van der Waals surface area contributed by atoms with Crippen LogP contribution in [0.15, 0.2) is 22.8 Å². The van der Waals surface area contributed by atoms with Gasteiger partial charge in [-0.1, -0.05) is 29.4 Å². The third-order valence-electron chi connectivity index (χ3n) is 3.45. The number of benzene rings is 1. The first-order valence-corrected chi connectivity index (χ1v) is 7.36. The van der Waals surface area contributed by atoms with Crippen molar-refractivity contribution in [2.24, 2.45) is 0 Å². The Morgan fingerprint density at radius 2 is 2.10 bits per heavy atom. The van der Waals surface area contributed by atoms with Gasteiger partial charge in [0.05, 0.1) is 0 Å². The molecule has 1 heterocycles. The third-order valence-corrected chi connectivity index (χ3v) is 3.45. The zero-order chi connectivity index (χ0) is 15.2. The number of aryl methyl sites for hydroxylation is 2. The molecule has 21 heavy (non-hydrogen) atoms. The lowest BCUT2D eigenvalue weighted by molar-refractivity contribution is 0.267. The second kappa shape index (κ2) is 7.22. The number of nitrogens with one attached hydrogen (secondary N) is 1. The third kappa shape index (κ3) is 4.04. The average molecular weight is 289 g/mol. The van der Waals surface area contributed by atoms with Crippen LogP contribution in [0.5, 0.6) is 5.75 Å². The molecule has 0 bridgehead atoms. The highest BCUT2D eigenvalue weighted by Crippen LogP contribution is 2.27. The minimum Gasteiger partial charge on any atom is -0.487 e. The van der Waals surface area contributed by atoms with E-state index in [4.69, 9.17) is 9.37 Å². The molecule has 0 aliphatic heterocycles. The molecule has 5 nitrogen and oxygen atoms in total. The minimum absolute atomic E-state index is 0.247. The number of hydrogen-bond donors (Lipinski definition) is 1. The molecule has 1 atom stereocenters. The van der Waals surface area contributed by atoms with Crippen LogP contribution in [0.3, 0.4) is 0 Å². The lowest BCUT2D eigenvalue weighted by Gasteiger charge is -2.18. The lowest BCUT2D eigenvalue weighted by Crippen LogP contribution is -2.20. The molecule has 0 radical (unpaired) electrons. The SMILES string of the molecule is CCCNC(C)c1ccc(C)cc1OCc1nonc1C. The standard InChI is InChI=1S/C16H23N3O2/c1-5-8-17-12(3)14-7-6-11(2)9-16(14)20-10-15-13(4)18-21-19-15/h6-7,9,12,17H,5,8,10H2,1-4H3. The summed E-state index contributed by atoms with van der Waals surface area (Å²) >= 11 is 0. The summed E-state index contributed by atoms with van der Waals surface area (Å²) in [6.45, 7) is 9.58. The summed E-state index contributed by atoms with van der Waals surface area (Å²) in [4.78, 5) is 0. The van der Waals surface area contributed by atoms with Crippen LogP contribution in [-0.2, 0) is 6.61 Å². The summed E-state index contributed by atoms with van der Waals surface area (Å²) in [6, 6.07) is 6.53. The minimum atomic E-state index is 0.247. The van der Waals surface area contributed by atoms with Crippen LogP contribution < -0.4 is 10.1 Å². The molecule has 0 amide bonds. The normalized spacial score (nSPS) is 12.4. The molecule has 0 saturated heterocycles. The second-order valence-electron chi connectivity index (χ2n) is 5.30. The molecule has 1 unspecified atom stereocenters.